The number of carbonyl (C=O) groups is 2. The van der Waals surface area contributed by atoms with Gasteiger partial charge in [0, 0.05) is 0 Å². The van der Waals surface area contributed by atoms with Crippen LogP contribution in [0.5, 0.6) is 0 Å². The summed E-state index contributed by atoms with van der Waals surface area (Å²) in [6.45, 7) is 1.53. The van der Waals surface area contributed by atoms with Crippen molar-refractivity contribution in [1.29, 1.82) is 0 Å². The lowest BCUT2D eigenvalue weighted by Crippen LogP contribution is -2.30. The maximum absolute atomic E-state index is 11.4. The number of furan rings is 1. The Labute approximate surface area is 81.0 Å². The SMILES string of the molecule is COC(=O)CNC(=O)c1ccoc1C. The van der Waals surface area contributed by atoms with E-state index in [9.17, 15) is 9.59 Å². The van der Waals surface area contributed by atoms with E-state index in [-0.39, 0.29) is 12.5 Å². The molecule has 0 aliphatic heterocycles. The Morgan fingerprint density at radius 3 is 2.79 bits per heavy atom. The first kappa shape index (κ1) is 10.3. The quantitative estimate of drug-likeness (QED) is 0.716. The molecule has 0 atom stereocenters. The van der Waals surface area contributed by atoms with Crippen molar-refractivity contribution in [3.8, 4) is 0 Å². The molecule has 0 aromatic carbocycles. The Hall–Kier alpha value is -1.78. The van der Waals surface area contributed by atoms with Gasteiger partial charge in [-0.1, -0.05) is 0 Å². The van der Waals surface area contributed by atoms with Crippen molar-refractivity contribution in [2.24, 2.45) is 0 Å². The van der Waals surface area contributed by atoms with E-state index in [1.165, 1.54) is 13.4 Å². The number of nitrogens with one attached hydrogen (secondary N) is 1. The van der Waals surface area contributed by atoms with Crippen LogP contribution in [-0.2, 0) is 9.53 Å². The van der Waals surface area contributed by atoms with E-state index in [1.807, 2.05) is 0 Å². The summed E-state index contributed by atoms with van der Waals surface area (Å²) in [6.07, 6.45) is 1.42. The predicted octanol–water partition coefficient (Wildman–Crippen LogP) is 0.491. The van der Waals surface area contributed by atoms with Gasteiger partial charge in [-0.3, -0.25) is 9.59 Å². The van der Waals surface area contributed by atoms with Crippen LogP contribution < -0.4 is 5.32 Å². The molecule has 0 unspecified atom stereocenters. The number of ether oxygens (including phenoxy) is 1. The van der Waals surface area contributed by atoms with Gasteiger partial charge in [-0.25, -0.2) is 0 Å². The third-order valence-corrected chi connectivity index (χ3v) is 1.72. The minimum absolute atomic E-state index is 0.139. The molecular weight excluding hydrogens is 186 g/mol. The standard InChI is InChI=1S/C9H11NO4/c1-6-7(3-4-14-6)9(12)10-5-8(11)13-2/h3-4H,5H2,1-2H3,(H,10,12). The summed E-state index contributed by atoms with van der Waals surface area (Å²) in [6, 6.07) is 1.54. The average Bonchev–Trinajstić information content (AvgIpc) is 2.60. The third kappa shape index (κ3) is 2.35. The molecule has 5 nitrogen and oxygen atoms in total. The molecule has 1 aromatic rings. The number of hydrogen-bond acceptors (Lipinski definition) is 4. The van der Waals surface area contributed by atoms with E-state index in [0.29, 0.717) is 11.3 Å². The lowest BCUT2D eigenvalue weighted by Gasteiger charge is -2.01. The van der Waals surface area contributed by atoms with Gasteiger partial charge in [0.1, 0.15) is 12.3 Å². The largest absolute Gasteiger partial charge is 0.469 e. The van der Waals surface area contributed by atoms with Gasteiger partial charge in [0.05, 0.1) is 18.9 Å². The summed E-state index contributed by atoms with van der Waals surface area (Å²) < 4.78 is 9.31. The number of hydrogen-bond donors (Lipinski definition) is 1. The minimum Gasteiger partial charge on any atom is -0.469 e. The summed E-state index contributed by atoms with van der Waals surface area (Å²) in [5, 5.41) is 2.40. The fourth-order valence-corrected chi connectivity index (χ4v) is 0.940. The first-order valence-corrected chi connectivity index (χ1v) is 4.04. The molecule has 5 heteroatoms. The highest BCUT2D eigenvalue weighted by atomic mass is 16.5. The van der Waals surface area contributed by atoms with Gasteiger partial charge in [0.15, 0.2) is 0 Å². The molecular formula is C9H11NO4. The van der Waals surface area contributed by atoms with Crippen LogP contribution in [-0.4, -0.2) is 25.5 Å². The van der Waals surface area contributed by atoms with E-state index < -0.39 is 5.97 Å². The van der Waals surface area contributed by atoms with Crippen LogP contribution >= 0.6 is 0 Å². The average molecular weight is 197 g/mol. The van der Waals surface area contributed by atoms with Gasteiger partial charge < -0.3 is 14.5 Å². The Morgan fingerprint density at radius 1 is 1.57 bits per heavy atom. The van der Waals surface area contributed by atoms with E-state index in [1.54, 1.807) is 13.0 Å². The minimum atomic E-state index is -0.487. The smallest absolute Gasteiger partial charge is 0.325 e. The molecule has 0 saturated heterocycles. The van der Waals surface area contributed by atoms with Crippen LogP contribution in [0.25, 0.3) is 0 Å². The second kappa shape index (κ2) is 4.45. The molecule has 0 radical (unpaired) electrons. The normalized spacial score (nSPS) is 9.57. The Balaban J connectivity index is 2.52. The van der Waals surface area contributed by atoms with Crippen LogP contribution in [0.3, 0.4) is 0 Å². The first-order valence-electron chi connectivity index (χ1n) is 4.04. The number of carbonyl (C=O) groups excluding carboxylic acids is 2. The van der Waals surface area contributed by atoms with E-state index in [2.05, 4.69) is 10.1 Å². The van der Waals surface area contributed by atoms with E-state index in [0.717, 1.165) is 0 Å². The Kier molecular flexibility index (Phi) is 3.28. The molecule has 14 heavy (non-hydrogen) atoms. The number of methoxy groups -OCH3 is 1. The summed E-state index contributed by atoms with van der Waals surface area (Å²) in [5.41, 5.74) is 0.425. The van der Waals surface area contributed by atoms with E-state index in [4.69, 9.17) is 4.42 Å². The summed E-state index contributed by atoms with van der Waals surface area (Å²) in [7, 11) is 1.26. The second-order valence-electron chi connectivity index (χ2n) is 2.65. The van der Waals surface area contributed by atoms with Crippen LogP contribution in [0.4, 0.5) is 0 Å². The lowest BCUT2D eigenvalue weighted by molar-refractivity contribution is -0.139. The summed E-state index contributed by atoms with van der Waals surface area (Å²) >= 11 is 0. The highest BCUT2D eigenvalue weighted by molar-refractivity contribution is 5.96. The molecule has 0 aliphatic rings. The zero-order chi connectivity index (χ0) is 10.6. The fraction of sp³-hybridized carbons (Fsp3) is 0.333. The topological polar surface area (TPSA) is 68.5 Å². The van der Waals surface area contributed by atoms with Gasteiger partial charge in [-0.2, -0.15) is 0 Å². The molecule has 0 spiro atoms. The molecule has 76 valence electrons. The van der Waals surface area contributed by atoms with E-state index >= 15 is 0 Å². The zero-order valence-corrected chi connectivity index (χ0v) is 7.99. The monoisotopic (exact) mass is 197 g/mol. The molecule has 1 amide bonds. The van der Waals surface area contributed by atoms with Crippen molar-refractivity contribution in [3.63, 3.8) is 0 Å². The number of rotatable bonds is 3. The van der Waals surface area contributed by atoms with Crippen molar-refractivity contribution in [2.45, 2.75) is 6.92 Å². The van der Waals surface area contributed by atoms with Gasteiger partial charge in [-0.15, -0.1) is 0 Å². The highest BCUT2D eigenvalue weighted by Crippen LogP contribution is 2.07. The highest BCUT2D eigenvalue weighted by Gasteiger charge is 2.12. The zero-order valence-electron chi connectivity index (χ0n) is 7.99. The van der Waals surface area contributed by atoms with Crippen LogP contribution in [0.15, 0.2) is 16.7 Å². The predicted molar refractivity (Wildman–Crippen MR) is 47.8 cm³/mol. The molecule has 1 heterocycles. The van der Waals surface area contributed by atoms with Crippen molar-refractivity contribution < 1.29 is 18.7 Å². The molecule has 1 N–H and O–H groups in total. The maximum atomic E-state index is 11.4. The Morgan fingerprint density at radius 2 is 2.29 bits per heavy atom. The summed E-state index contributed by atoms with van der Waals surface area (Å²) in [4.78, 5) is 22.1. The van der Waals surface area contributed by atoms with Crippen molar-refractivity contribution >= 4 is 11.9 Å². The van der Waals surface area contributed by atoms with Crippen LogP contribution in [0.2, 0.25) is 0 Å². The van der Waals surface area contributed by atoms with Crippen LogP contribution in [0.1, 0.15) is 16.1 Å². The second-order valence-corrected chi connectivity index (χ2v) is 2.65. The molecule has 0 saturated carbocycles. The lowest BCUT2D eigenvalue weighted by atomic mass is 10.2. The first-order chi connectivity index (χ1) is 6.65. The molecule has 1 rings (SSSR count). The van der Waals surface area contributed by atoms with Crippen LogP contribution in [0, 0.1) is 6.92 Å². The van der Waals surface area contributed by atoms with Crippen molar-refractivity contribution in [3.05, 3.63) is 23.7 Å². The third-order valence-electron chi connectivity index (χ3n) is 1.72. The number of aryl methyl sites for hydroxylation is 1. The summed E-state index contributed by atoms with van der Waals surface area (Å²) in [5.74, 6) is -0.312. The molecule has 0 fully saturated rings. The van der Waals surface area contributed by atoms with Gasteiger partial charge in [-0.05, 0) is 13.0 Å². The van der Waals surface area contributed by atoms with Crippen molar-refractivity contribution in [2.75, 3.05) is 13.7 Å². The number of amides is 1. The Bertz CT molecular complexity index is 342. The van der Waals surface area contributed by atoms with Crippen molar-refractivity contribution in [1.82, 2.24) is 5.32 Å². The molecule has 0 aliphatic carbocycles. The van der Waals surface area contributed by atoms with Gasteiger partial charge in [0.2, 0.25) is 0 Å². The molecule has 0 bridgehead atoms. The fourth-order valence-electron chi connectivity index (χ4n) is 0.940. The molecule has 1 aromatic heterocycles. The van der Waals surface area contributed by atoms with Gasteiger partial charge >= 0.3 is 5.97 Å². The number of esters is 1. The van der Waals surface area contributed by atoms with Gasteiger partial charge in [0.25, 0.3) is 5.91 Å². The maximum Gasteiger partial charge on any atom is 0.325 e.